The van der Waals surface area contributed by atoms with E-state index in [-0.39, 0.29) is 18.3 Å². The van der Waals surface area contributed by atoms with E-state index in [9.17, 15) is 9.59 Å². The zero-order valence-electron chi connectivity index (χ0n) is 8.60. The van der Waals surface area contributed by atoms with Crippen LogP contribution in [0.5, 0.6) is 0 Å². The number of ether oxygens (including phenoxy) is 1. The van der Waals surface area contributed by atoms with Crippen LogP contribution in [-0.2, 0) is 14.3 Å². The summed E-state index contributed by atoms with van der Waals surface area (Å²) in [5.41, 5.74) is 0. The van der Waals surface area contributed by atoms with Gasteiger partial charge in [0.15, 0.2) is 5.78 Å². The SMILES string of the molecule is C#CCC[C@@H]1O[C@H](C)CC(=O)[C@@H]1C(=O)O. The summed E-state index contributed by atoms with van der Waals surface area (Å²) in [6.45, 7) is 1.76. The average molecular weight is 210 g/mol. The lowest BCUT2D eigenvalue weighted by Gasteiger charge is -2.31. The summed E-state index contributed by atoms with van der Waals surface area (Å²) >= 11 is 0. The number of carboxylic acid groups (broad SMARTS) is 1. The number of rotatable bonds is 3. The number of hydrogen-bond acceptors (Lipinski definition) is 3. The first-order chi connectivity index (χ1) is 7.06. The second-order valence-electron chi connectivity index (χ2n) is 3.71. The molecule has 0 spiro atoms. The standard InChI is InChI=1S/C11H14O4/c1-3-4-5-9-10(11(13)14)8(12)6-7(2)15-9/h1,7,9-10H,4-6H2,2H3,(H,13,14)/t7-,9+,10+/m1/s1. The molecule has 0 aliphatic carbocycles. The fraction of sp³-hybridized carbons (Fsp3) is 0.636. The van der Waals surface area contributed by atoms with E-state index >= 15 is 0 Å². The number of carbonyl (C=O) groups is 2. The second kappa shape index (κ2) is 4.94. The number of aliphatic carboxylic acids is 1. The highest BCUT2D eigenvalue weighted by molar-refractivity contribution is 5.99. The first-order valence-electron chi connectivity index (χ1n) is 4.90. The van der Waals surface area contributed by atoms with Gasteiger partial charge in [0.05, 0.1) is 12.2 Å². The highest BCUT2D eigenvalue weighted by Gasteiger charge is 2.40. The minimum absolute atomic E-state index is 0.170. The van der Waals surface area contributed by atoms with E-state index in [1.165, 1.54) is 0 Å². The van der Waals surface area contributed by atoms with Crippen LogP contribution in [0.1, 0.15) is 26.2 Å². The molecule has 0 unspecified atom stereocenters. The van der Waals surface area contributed by atoms with Crippen LogP contribution in [0.2, 0.25) is 0 Å². The lowest BCUT2D eigenvalue weighted by Crippen LogP contribution is -2.44. The van der Waals surface area contributed by atoms with Gasteiger partial charge in [0.25, 0.3) is 0 Å². The molecule has 0 bridgehead atoms. The van der Waals surface area contributed by atoms with Gasteiger partial charge in [-0.3, -0.25) is 9.59 Å². The van der Waals surface area contributed by atoms with Gasteiger partial charge in [-0.15, -0.1) is 12.3 Å². The number of carbonyl (C=O) groups excluding carboxylic acids is 1. The third-order valence-corrected chi connectivity index (χ3v) is 2.45. The van der Waals surface area contributed by atoms with Crippen LogP contribution in [0.3, 0.4) is 0 Å². The van der Waals surface area contributed by atoms with E-state index in [0.29, 0.717) is 12.8 Å². The molecule has 3 atom stereocenters. The minimum atomic E-state index is -1.12. The molecule has 1 saturated heterocycles. The van der Waals surface area contributed by atoms with E-state index in [1.807, 2.05) is 0 Å². The van der Waals surface area contributed by atoms with Crippen LogP contribution in [-0.4, -0.2) is 29.1 Å². The van der Waals surface area contributed by atoms with E-state index in [4.69, 9.17) is 16.3 Å². The summed E-state index contributed by atoms with van der Waals surface area (Å²) in [4.78, 5) is 22.4. The van der Waals surface area contributed by atoms with Crippen LogP contribution < -0.4 is 0 Å². The van der Waals surface area contributed by atoms with Crippen molar-refractivity contribution in [1.82, 2.24) is 0 Å². The number of Topliss-reactive ketones (excluding diaryl/α,β-unsaturated/α-hetero) is 1. The second-order valence-corrected chi connectivity index (χ2v) is 3.71. The molecule has 0 aromatic rings. The molecule has 4 heteroatoms. The Kier molecular flexibility index (Phi) is 3.87. The first kappa shape index (κ1) is 11.7. The Bertz CT molecular complexity index is 302. The molecular formula is C11H14O4. The average Bonchev–Trinajstić information content (AvgIpc) is 2.12. The zero-order valence-corrected chi connectivity index (χ0v) is 8.60. The molecule has 1 N–H and O–H groups in total. The van der Waals surface area contributed by atoms with Gasteiger partial charge in [-0.2, -0.15) is 0 Å². The number of carboxylic acids is 1. The van der Waals surface area contributed by atoms with Gasteiger partial charge in [0.2, 0.25) is 0 Å². The van der Waals surface area contributed by atoms with Crippen molar-refractivity contribution in [3.8, 4) is 12.3 Å². The Balaban J connectivity index is 2.74. The Hall–Kier alpha value is -1.34. The fourth-order valence-corrected chi connectivity index (χ4v) is 1.80. The molecule has 0 radical (unpaired) electrons. The van der Waals surface area contributed by atoms with Gasteiger partial charge in [0, 0.05) is 12.8 Å². The molecule has 82 valence electrons. The molecular weight excluding hydrogens is 196 g/mol. The molecule has 1 rings (SSSR count). The fourth-order valence-electron chi connectivity index (χ4n) is 1.80. The monoisotopic (exact) mass is 210 g/mol. The molecule has 0 saturated carbocycles. The molecule has 1 aliphatic rings. The van der Waals surface area contributed by atoms with E-state index in [0.717, 1.165) is 0 Å². The van der Waals surface area contributed by atoms with Crippen LogP contribution in [0.25, 0.3) is 0 Å². The molecule has 0 aromatic heterocycles. The van der Waals surface area contributed by atoms with Crippen molar-refractivity contribution in [3.63, 3.8) is 0 Å². The van der Waals surface area contributed by atoms with Gasteiger partial charge in [-0.25, -0.2) is 0 Å². The molecule has 1 aliphatic heterocycles. The van der Waals surface area contributed by atoms with Crippen molar-refractivity contribution < 1.29 is 19.4 Å². The van der Waals surface area contributed by atoms with Crippen molar-refractivity contribution >= 4 is 11.8 Å². The number of hydrogen-bond donors (Lipinski definition) is 1. The Labute approximate surface area is 88.6 Å². The molecule has 1 heterocycles. The normalized spacial score (nSPS) is 30.9. The van der Waals surface area contributed by atoms with Crippen molar-refractivity contribution in [2.75, 3.05) is 0 Å². The maximum atomic E-state index is 11.5. The molecule has 4 nitrogen and oxygen atoms in total. The van der Waals surface area contributed by atoms with Crippen LogP contribution in [0, 0.1) is 18.3 Å². The minimum Gasteiger partial charge on any atom is -0.481 e. The Morgan fingerprint density at radius 2 is 2.40 bits per heavy atom. The summed E-state index contributed by atoms with van der Waals surface area (Å²) in [5.74, 6) is -0.00440. The van der Waals surface area contributed by atoms with Gasteiger partial charge in [0.1, 0.15) is 5.92 Å². The number of terminal acetylenes is 1. The summed E-state index contributed by atoms with van der Waals surface area (Å²) in [6.07, 6.45) is 5.33. The lowest BCUT2D eigenvalue weighted by atomic mass is 9.88. The molecule has 1 fully saturated rings. The molecule has 15 heavy (non-hydrogen) atoms. The zero-order chi connectivity index (χ0) is 11.4. The first-order valence-corrected chi connectivity index (χ1v) is 4.90. The van der Waals surface area contributed by atoms with Crippen molar-refractivity contribution in [3.05, 3.63) is 0 Å². The third kappa shape index (κ3) is 2.80. The summed E-state index contributed by atoms with van der Waals surface area (Å²) in [5, 5.41) is 8.91. The lowest BCUT2D eigenvalue weighted by molar-refractivity contribution is -0.163. The topological polar surface area (TPSA) is 63.6 Å². The summed E-state index contributed by atoms with van der Waals surface area (Å²) < 4.78 is 5.44. The van der Waals surface area contributed by atoms with Crippen molar-refractivity contribution in [2.45, 2.75) is 38.4 Å². The summed E-state index contributed by atoms with van der Waals surface area (Å²) in [7, 11) is 0. The van der Waals surface area contributed by atoms with Crippen LogP contribution >= 0.6 is 0 Å². The van der Waals surface area contributed by atoms with Gasteiger partial charge in [-0.05, 0) is 13.3 Å². The third-order valence-electron chi connectivity index (χ3n) is 2.45. The van der Waals surface area contributed by atoms with Gasteiger partial charge in [-0.1, -0.05) is 0 Å². The molecule has 0 aromatic carbocycles. The van der Waals surface area contributed by atoms with Crippen molar-refractivity contribution in [1.29, 1.82) is 0 Å². The Morgan fingerprint density at radius 1 is 1.73 bits per heavy atom. The predicted octanol–water partition coefficient (Wildman–Crippen LogP) is 0.847. The van der Waals surface area contributed by atoms with E-state index in [1.54, 1.807) is 6.92 Å². The number of ketones is 1. The molecule has 0 amide bonds. The van der Waals surface area contributed by atoms with Gasteiger partial charge >= 0.3 is 5.97 Å². The maximum Gasteiger partial charge on any atom is 0.316 e. The van der Waals surface area contributed by atoms with Gasteiger partial charge < -0.3 is 9.84 Å². The smallest absolute Gasteiger partial charge is 0.316 e. The van der Waals surface area contributed by atoms with Crippen molar-refractivity contribution in [2.24, 2.45) is 5.92 Å². The predicted molar refractivity (Wildman–Crippen MR) is 53.2 cm³/mol. The Morgan fingerprint density at radius 3 is 2.93 bits per heavy atom. The van der Waals surface area contributed by atoms with Crippen LogP contribution in [0.4, 0.5) is 0 Å². The van der Waals surface area contributed by atoms with E-state index in [2.05, 4.69) is 5.92 Å². The largest absolute Gasteiger partial charge is 0.481 e. The quantitative estimate of drug-likeness (QED) is 0.554. The summed E-state index contributed by atoms with van der Waals surface area (Å²) in [6, 6.07) is 0. The van der Waals surface area contributed by atoms with Crippen LogP contribution in [0.15, 0.2) is 0 Å². The highest BCUT2D eigenvalue weighted by atomic mass is 16.5. The maximum absolute atomic E-state index is 11.5. The van der Waals surface area contributed by atoms with E-state index < -0.39 is 18.0 Å². The highest BCUT2D eigenvalue weighted by Crippen LogP contribution is 2.25.